The zero-order valence-electron chi connectivity index (χ0n) is 21.9. The summed E-state index contributed by atoms with van der Waals surface area (Å²) in [5, 5.41) is 31.1. The van der Waals surface area contributed by atoms with Crippen molar-refractivity contribution in [3.8, 4) is 22.9 Å². The van der Waals surface area contributed by atoms with E-state index in [2.05, 4.69) is 10.3 Å². The van der Waals surface area contributed by atoms with Gasteiger partial charge in [0.1, 0.15) is 11.8 Å². The Morgan fingerprint density at radius 3 is 2.71 bits per heavy atom. The van der Waals surface area contributed by atoms with E-state index in [1.54, 1.807) is 36.7 Å². The van der Waals surface area contributed by atoms with Crippen LogP contribution in [0, 0.1) is 17.2 Å². The van der Waals surface area contributed by atoms with E-state index in [0.29, 0.717) is 16.8 Å². The molecule has 2 amide bonds. The Morgan fingerprint density at radius 2 is 2.00 bits per heavy atom. The van der Waals surface area contributed by atoms with Gasteiger partial charge in [0.05, 0.1) is 18.7 Å². The molecule has 1 aliphatic heterocycles. The van der Waals surface area contributed by atoms with Crippen LogP contribution in [-0.2, 0) is 9.59 Å². The van der Waals surface area contributed by atoms with Gasteiger partial charge >= 0.3 is 5.92 Å². The second-order valence-electron chi connectivity index (χ2n) is 10.2. The summed E-state index contributed by atoms with van der Waals surface area (Å²) in [6, 6.07) is 17.6. The first-order valence-corrected chi connectivity index (χ1v) is 13.2. The number of likely N-dealkylation sites (tertiary alicyclic amines) is 1. The van der Waals surface area contributed by atoms with Gasteiger partial charge in [-0.1, -0.05) is 24.3 Å². The molecular weight excluding hydrogens is 534 g/mol. The number of aliphatic hydroxyl groups excluding tert-OH is 2. The molecule has 9 nitrogen and oxygen atoms in total. The lowest BCUT2D eigenvalue weighted by Gasteiger charge is -2.38. The van der Waals surface area contributed by atoms with Crippen LogP contribution in [-0.4, -0.2) is 69.7 Å². The molecule has 212 valence electrons. The molecule has 3 aromatic rings. The third-order valence-electron chi connectivity index (χ3n) is 7.38. The van der Waals surface area contributed by atoms with Crippen LogP contribution in [0.5, 0.6) is 5.75 Å². The lowest BCUT2D eigenvalue weighted by molar-refractivity contribution is -0.167. The van der Waals surface area contributed by atoms with Gasteiger partial charge in [0.15, 0.2) is 12.2 Å². The van der Waals surface area contributed by atoms with E-state index >= 15 is 0 Å². The number of piperidine rings is 1. The van der Waals surface area contributed by atoms with Gasteiger partial charge in [0.25, 0.3) is 5.91 Å². The SMILES string of the molecule is N#Cc1cc(-c2cccc(NC(=O)C3CC3c3cccnc3)c2)ccc1OC1CCN(C(=O)C(O)CO)CC1(F)F. The molecule has 0 spiro atoms. The molecule has 1 aromatic heterocycles. The number of pyridine rings is 1. The highest BCUT2D eigenvalue weighted by Gasteiger charge is 2.48. The standard InChI is InChI=1S/C30H28F2N4O5/c31-30(32)17-36(29(40)25(38)16-37)10-8-27(30)41-26-7-6-19(11-21(26)14-33)18-3-1-5-22(12-18)35-28(39)24-13-23(24)20-4-2-9-34-15-20/h1-7,9,11-12,15,23-25,27,37-38H,8,10,13,16-17H2,(H,35,39). The second kappa shape index (κ2) is 11.6. The van der Waals surface area contributed by atoms with Gasteiger partial charge < -0.3 is 25.2 Å². The van der Waals surface area contributed by atoms with Crippen molar-refractivity contribution < 1.29 is 33.3 Å². The molecule has 4 atom stereocenters. The number of aliphatic hydroxyl groups is 2. The predicted molar refractivity (Wildman–Crippen MR) is 144 cm³/mol. The van der Waals surface area contributed by atoms with Gasteiger partial charge in [0, 0.05) is 37.0 Å². The number of hydrogen-bond acceptors (Lipinski definition) is 7. The number of hydrogen-bond donors (Lipinski definition) is 3. The molecule has 5 rings (SSSR count). The fourth-order valence-electron chi connectivity index (χ4n) is 5.05. The van der Waals surface area contributed by atoms with Gasteiger partial charge in [0.2, 0.25) is 5.91 Å². The summed E-state index contributed by atoms with van der Waals surface area (Å²) in [5.41, 5.74) is 3.03. The average molecular weight is 563 g/mol. The number of carbonyl (C=O) groups is 2. The summed E-state index contributed by atoms with van der Waals surface area (Å²) in [5.74, 6) is -4.51. The number of carbonyl (C=O) groups excluding carboxylic acids is 2. The second-order valence-corrected chi connectivity index (χ2v) is 10.2. The highest BCUT2D eigenvalue weighted by atomic mass is 19.3. The van der Waals surface area contributed by atoms with Crippen molar-refractivity contribution >= 4 is 17.5 Å². The quantitative estimate of drug-likeness (QED) is 0.383. The van der Waals surface area contributed by atoms with Crippen LogP contribution in [0.2, 0.25) is 0 Å². The average Bonchev–Trinajstić information content (AvgIpc) is 3.79. The Balaban J connectivity index is 1.25. The van der Waals surface area contributed by atoms with Crippen molar-refractivity contribution in [2.24, 2.45) is 5.92 Å². The molecule has 1 saturated carbocycles. The van der Waals surface area contributed by atoms with Crippen LogP contribution in [0.3, 0.4) is 0 Å². The maximum atomic E-state index is 14.9. The minimum Gasteiger partial charge on any atom is -0.483 e. The van der Waals surface area contributed by atoms with E-state index in [1.807, 2.05) is 24.3 Å². The lowest BCUT2D eigenvalue weighted by atomic mass is 10.0. The highest BCUT2D eigenvalue weighted by molar-refractivity contribution is 5.95. The number of alkyl halides is 2. The van der Waals surface area contributed by atoms with Crippen LogP contribution in [0.4, 0.5) is 14.5 Å². The molecule has 1 saturated heterocycles. The molecule has 2 aromatic carbocycles. The fraction of sp³-hybridized carbons (Fsp3) is 0.333. The molecule has 2 aliphatic rings. The Morgan fingerprint density at radius 1 is 1.20 bits per heavy atom. The molecule has 0 bridgehead atoms. The van der Waals surface area contributed by atoms with Gasteiger partial charge in [-0.15, -0.1) is 0 Å². The van der Waals surface area contributed by atoms with Crippen molar-refractivity contribution in [1.82, 2.24) is 9.88 Å². The van der Waals surface area contributed by atoms with E-state index in [-0.39, 0.29) is 42.0 Å². The van der Waals surface area contributed by atoms with Crippen LogP contribution >= 0.6 is 0 Å². The number of nitriles is 1. The normalized spacial score (nSPS) is 21.8. The van der Waals surface area contributed by atoms with Gasteiger partial charge in [-0.05, 0) is 59.4 Å². The number of rotatable bonds is 8. The predicted octanol–water partition coefficient (Wildman–Crippen LogP) is 3.33. The smallest absolute Gasteiger partial charge is 0.301 e. The third kappa shape index (κ3) is 6.19. The number of nitrogens with one attached hydrogen (secondary N) is 1. The number of aromatic nitrogens is 1. The molecule has 2 fully saturated rings. The number of ether oxygens (including phenoxy) is 1. The third-order valence-corrected chi connectivity index (χ3v) is 7.38. The topological polar surface area (TPSA) is 136 Å². The summed E-state index contributed by atoms with van der Waals surface area (Å²) in [6.45, 7) is -1.94. The number of halogens is 2. The van der Waals surface area contributed by atoms with Crippen LogP contribution in [0.1, 0.15) is 29.9 Å². The summed E-state index contributed by atoms with van der Waals surface area (Å²) in [7, 11) is 0. The Bertz CT molecular complexity index is 1480. The van der Waals surface area contributed by atoms with Gasteiger partial charge in [-0.25, -0.2) is 8.78 Å². The number of nitrogens with zero attached hydrogens (tertiary/aromatic N) is 3. The van der Waals surface area contributed by atoms with E-state index in [1.165, 1.54) is 12.1 Å². The van der Waals surface area contributed by atoms with Crippen molar-refractivity contribution in [2.45, 2.75) is 36.9 Å². The van der Waals surface area contributed by atoms with Crippen molar-refractivity contribution in [1.29, 1.82) is 5.26 Å². The largest absolute Gasteiger partial charge is 0.483 e. The summed E-state index contributed by atoms with van der Waals surface area (Å²) in [4.78, 5) is 29.7. The highest BCUT2D eigenvalue weighted by Crippen LogP contribution is 2.47. The Kier molecular flexibility index (Phi) is 7.97. The molecular formula is C30H28F2N4O5. The minimum atomic E-state index is -3.45. The van der Waals surface area contributed by atoms with Gasteiger partial charge in [-0.3, -0.25) is 14.6 Å². The van der Waals surface area contributed by atoms with E-state index < -0.39 is 37.2 Å². The Hall–Kier alpha value is -4.40. The summed E-state index contributed by atoms with van der Waals surface area (Å²) in [6.07, 6.45) is 0.641. The van der Waals surface area contributed by atoms with Gasteiger partial charge in [-0.2, -0.15) is 5.26 Å². The number of benzene rings is 2. The molecule has 41 heavy (non-hydrogen) atoms. The number of anilines is 1. The van der Waals surface area contributed by atoms with E-state index in [0.717, 1.165) is 16.9 Å². The van der Waals surface area contributed by atoms with Crippen molar-refractivity contribution in [3.05, 3.63) is 78.1 Å². The fourth-order valence-corrected chi connectivity index (χ4v) is 5.05. The molecule has 11 heteroatoms. The Labute approximate surface area is 235 Å². The van der Waals surface area contributed by atoms with E-state index in [4.69, 9.17) is 9.84 Å². The molecule has 3 N–H and O–H groups in total. The van der Waals surface area contributed by atoms with Crippen molar-refractivity contribution in [3.63, 3.8) is 0 Å². The zero-order chi connectivity index (χ0) is 29.1. The molecule has 2 heterocycles. The summed E-state index contributed by atoms with van der Waals surface area (Å²) >= 11 is 0. The van der Waals surface area contributed by atoms with Crippen LogP contribution in [0.25, 0.3) is 11.1 Å². The first kappa shape index (κ1) is 28.1. The molecule has 0 radical (unpaired) electrons. The monoisotopic (exact) mass is 562 g/mol. The van der Waals surface area contributed by atoms with E-state index in [9.17, 15) is 28.7 Å². The van der Waals surface area contributed by atoms with Crippen LogP contribution < -0.4 is 10.1 Å². The molecule has 1 aliphatic carbocycles. The molecule has 4 unspecified atom stereocenters. The van der Waals surface area contributed by atoms with Crippen LogP contribution in [0.15, 0.2) is 67.0 Å². The van der Waals surface area contributed by atoms with Crippen molar-refractivity contribution in [2.75, 3.05) is 25.0 Å². The lowest BCUT2D eigenvalue weighted by Crippen LogP contribution is -2.57. The minimum absolute atomic E-state index is 0.0178. The zero-order valence-corrected chi connectivity index (χ0v) is 21.9. The first-order chi connectivity index (χ1) is 19.7. The maximum absolute atomic E-state index is 14.9. The number of amides is 2. The summed E-state index contributed by atoms with van der Waals surface area (Å²) < 4.78 is 35.3. The first-order valence-electron chi connectivity index (χ1n) is 13.2. The maximum Gasteiger partial charge on any atom is 0.301 e.